The number of fused-ring (bicyclic) bond motifs is 1. The first kappa shape index (κ1) is 20.1. The molecule has 154 valence electrons. The second-order valence-electron chi connectivity index (χ2n) is 8.42. The van der Waals surface area contributed by atoms with Crippen LogP contribution in [0.2, 0.25) is 0 Å². The molecule has 1 amide bonds. The Labute approximate surface area is 176 Å². The number of H-pyrrole nitrogens is 1. The van der Waals surface area contributed by atoms with E-state index in [1.54, 1.807) is 11.3 Å². The van der Waals surface area contributed by atoms with Gasteiger partial charge >= 0.3 is 0 Å². The van der Waals surface area contributed by atoms with Gasteiger partial charge in [0.1, 0.15) is 0 Å². The Hall–Kier alpha value is -2.18. The number of rotatable bonds is 5. The van der Waals surface area contributed by atoms with Gasteiger partial charge in [0.2, 0.25) is 0 Å². The molecule has 3 heterocycles. The minimum atomic E-state index is -0.0761. The Kier molecular flexibility index (Phi) is 5.74. The fourth-order valence-electron chi connectivity index (χ4n) is 4.48. The van der Waals surface area contributed by atoms with Gasteiger partial charge in [0, 0.05) is 28.4 Å². The number of likely N-dealkylation sites (tertiary alicyclic amines) is 1. The maximum Gasteiger partial charge on any atom is 0.272 e. The SMILES string of the molecule is CCCC1C[C@@H](NC(=O)c2n[nH]c3ccc(-c4cc(C)cs4)cc23)CC(C)N1C. The minimum absolute atomic E-state index is 0.0761. The lowest BCUT2D eigenvalue weighted by atomic mass is 9.90. The van der Waals surface area contributed by atoms with Crippen LogP contribution >= 0.6 is 11.3 Å². The summed E-state index contributed by atoms with van der Waals surface area (Å²) in [5.74, 6) is -0.0761. The maximum absolute atomic E-state index is 13.1. The molecule has 5 nitrogen and oxygen atoms in total. The first-order valence-corrected chi connectivity index (χ1v) is 11.4. The third-order valence-electron chi connectivity index (χ3n) is 6.20. The van der Waals surface area contributed by atoms with Crippen LogP contribution in [0.3, 0.4) is 0 Å². The van der Waals surface area contributed by atoms with Crippen LogP contribution in [0.5, 0.6) is 0 Å². The number of thiophene rings is 1. The molecule has 0 spiro atoms. The Morgan fingerprint density at radius 3 is 2.90 bits per heavy atom. The first-order chi connectivity index (χ1) is 14.0. The van der Waals surface area contributed by atoms with Crippen molar-refractivity contribution < 1.29 is 4.79 Å². The Bertz CT molecular complexity index is 1010. The molecule has 1 aliphatic rings. The molecule has 2 unspecified atom stereocenters. The highest BCUT2D eigenvalue weighted by Crippen LogP contribution is 2.30. The molecule has 0 saturated carbocycles. The van der Waals surface area contributed by atoms with Gasteiger partial charge in [-0.25, -0.2) is 0 Å². The topological polar surface area (TPSA) is 61.0 Å². The number of carbonyl (C=O) groups excluding carboxylic acids is 1. The zero-order valence-corrected chi connectivity index (χ0v) is 18.5. The number of amides is 1. The van der Waals surface area contributed by atoms with Crippen LogP contribution < -0.4 is 5.32 Å². The van der Waals surface area contributed by atoms with Crippen molar-refractivity contribution in [1.82, 2.24) is 20.4 Å². The summed E-state index contributed by atoms with van der Waals surface area (Å²) >= 11 is 1.73. The number of benzene rings is 1. The van der Waals surface area contributed by atoms with Crippen LogP contribution in [-0.2, 0) is 0 Å². The van der Waals surface area contributed by atoms with Crippen molar-refractivity contribution >= 4 is 28.1 Å². The number of hydrogen-bond acceptors (Lipinski definition) is 4. The molecule has 1 aromatic carbocycles. The molecule has 6 heteroatoms. The lowest BCUT2D eigenvalue weighted by Crippen LogP contribution is -2.52. The second-order valence-corrected chi connectivity index (χ2v) is 9.33. The van der Waals surface area contributed by atoms with Gasteiger partial charge in [0.15, 0.2) is 5.69 Å². The van der Waals surface area contributed by atoms with Gasteiger partial charge in [-0.2, -0.15) is 5.10 Å². The van der Waals surface area contributed by atoms with E-state index in [4.69, 9.17) is 0 Å². The smallest absolute Gasteiger partial charge is 0.272 e. The molecule has 4 rings (SSSR count). The number of aryl methyl sites for hydroxylation is 1. The molecule has 1 fully saturated rings. The quantitative estimate of drug-likeness (QED) is 0.623. The fraction of sp³-hybridized carbons (Fsp3) is 0.478. The zero-order chi connectivity index (χ0) is 20.5. The third kappa shape index (κ3) is 4.09. The highest BCUT2D eigenvalue weighted by atomic mass is 32.1. The van der Waals surface area contributed by atoms with Crippen molar-refractivity contribution in [3.8, 4) is 10.4 Å². The molecule has 0 aliphatic carbocycles. The molecule has 0 bridgehead atoms. The monoisotopic (exact) mass is 410 g/mol. The summed E-state index contributed by atoms with van der Waals surface area (Å²) in [7, 11) is 2.21. The average molecular weight is 411 g/mol. The summed E-state index contributed by atoms with van der Waals surface area (Å²) in [4.78, 5) is 16.8. The molecule has 29 heavy (non-hydrogen) atoms. The summed E-state index contributed by atoms with van der Waals surface area (Å²) in [6, 6.07) is 9.55. The number of nitrogens with zero attached hydrogens (tertiary/aromatic N) is 2. The average Bonchev–Trinajstić information content (AvgIpc) is 3.31. The Morgan fingerprint density at radius 1 is 1.34 bits per heavy atom. The standard InChI is InChI=1S/C23H30N4OS/c1-5-6-18-12-17(10-15(3)27(18)4)24-23(28)22-19-11-16(7-8-20(19)25-26-22)21-9-14(2)13-29-21/h7-9,11,13,15,17-18H,5-6,10,12H2,1-4H3,(H,24,28)(H,25,26)/t15?,17-,18?/m0/s1. The van der Waals surface area contributed by atoms with E-state index in [1.165, 1.54) is 16.9 Å². The normalized spacial score (nSPS) is 22.8. The maximum atomic E-state index is 13.1. The van der Waals surface area contributed by atoms with Crippen LogP contribution in [-0.4, -0.2) is 46.2 Å². The molecule has 2 aromatic heterocycles. The van der Waals surface area contributed by atoms with Crippen LogP contribution in [0.4, 0.5) is 0 Å². The predicted octanol–water partition coefficient (Wildman–Crippen LogP) is 4.98. The summed E-state index contributed by atoms with van der Waals surface area (Å²) in [6.07, 6.45) is 4.31. The van der Waals surface area contributed by atoms with Crippen molar-refractivity contribution in [3.05, 3.63) is 40.9 Å². The molecular weight excluding hydrogens is 380 g/mol. The molecule has 3 aromatic rings. The van der Waals surface area contributed by atoms with Crippen LogP contribution in [0.1, 0.15) is 55.6 Å². The van der Waals surface area contributed by atoms with Gasteiger partial charge in [-0.05, 0) is 74.9 Å². The van der Waals surface area contributed by atoms with Crippen molar-refractivity contribution in [3.63, 3.8) is 0 Å². The summed E-state index contributed by atoms with van der Waals surface area (Å²) < 4.78 is 0. The molecule has 0 radical (unpaired) electrons. The number of aromatic nitrogens is 2. The van der Waals surface area contributed by atoms with Gasteiger partial charge in [-0.1, -0.05) is 19.4 Å². The van der Waals surface area contributed by atoms with Gasteiger partial charge in [-0.15, -0.1) is 11.3 Å². The van der Waals surface area contributed by atoms with E-state index in [2.05, 4.69) is 71.8 Å². The van der Waals surface area contributed by atoms with E-state index in [0.29, 0.717) is 17.8 Å². The number of piperidine rings is 1. The molecule has 3 atom stereocenters. The summed E-state index contributed by atoms with van der Waals surface area (Å²) in [5.41, 5.74) is 3.77. The highest BCUT2D eigenvalue weighted by Gasteiger charge is 2.31. The van der Waals surface area contributed by atoms with Gasteiger partial charge in [0.05, 0.1) is 5.52 Å². The molecule has 2 N–H and O–H groups in total. The Morgan fingerprint density at radius 2 is 2.17 bits per heavy atom. The van der Waals surface area contributed by atoms with E-state index >= 15 is 0 Å². The lowest BCUT2D eigenvalue weighted by molar-refractivity contribution is 0.0774. The lowest BCUT2D eigenvalue weighted by Gasteiger charge is -2.42. The van der Waals surface area contributed by atoms with E-state index in [9.17, 15) is 4.79 Å². The van der Waals surface area contributed by atoms with Gasteiger partial charge < -0.3 is 10.2 Å². The molecule has 1 aliphatic heterocycles. The van der Waals surface area contributed by atoms with Crippen LogP contribution in [0.25, 0.3) is 21.3 Å². The van der Waals surface area contributed by atoms with Crippen LogP contribution in [0, 0.1) is 6.92 Å². The fourth-order valence-corrected chi connectivity index (χ4v) is 5.38. The van der Waals surface area contributed by atoms with Crippen molar-refractivity contribution in [2.24, 2.45) is 0 Å². The number of nitrogens with one attached hydrogen (secondary N) is 2. The number of carbonyl (C=O) groups is 1. The number of aromatic amines is 1. The van der Waals surface area contributed by atoms with Gasteiger partial charge in [-0.3, -0.25) is 9.89 Å². The first-order valence-electron chi connectivity index (χ1n) is 10.5. The van der Waals surface area contributed by atoms with Crippen molar-refractivity contribution in [2.75, 3.05) is 7.05 Å². The predicted molar refractivity (Wildman–Crippen MR) is 121 cm³/mol. The second kappa shape index (κ2) is 8.28. The summed E-state index contributed by atoms with van der Waals surface area (Å²) in [5, 5.41) is 13.7. The minimum Gasteiger partial charge on any atom is -0.348 e. The largest absolute Gasteiger partial charge is 0.348 e. The van der Waals surface area contributed by atoms with Crippen molar-refractivity contribution in [1.29, 1.82) is 0 Å². The highest BCUT2D eigenvalue weighted by molar-refractivity contribution is 7.13. The third-order valence-corrected chi connectivity index (χ3v) is 7.30. The van der Waals surface area contributed by atoms with E-state index in [1.807, 2.05) is 6.07 Å². The van der Waals surface area contributed by atoms with Crippen molar-refractivity contribution in [2.45, 2.75) is 64.6 Å². The van der Waals surface area contributed by atoms with E-state index in [0.717, 1.165) is 35.7 Å². The summed E-state index contributed by atoms with van der Waals surface area (Å²) in [6.45, 7) is 6.58. The zero-order valence-electron chi connectivity index (χ0n) is 17.7. The van der Waals surface area contributed by atoms with Gasteiger partial charge in [0.25, 0.3) is 5.91 Å². The molecular formula is C23H30N4OS. The van der Waals surface area contributed by atoms with E-state index in [-0.39, 0.29) is 11.9 Å². The molecule has 1 saturated heterocycles. The Balaban J connectivity index is 1.55. The van der Waals surface area contributed by atoms with E-state index < -0.39 is 0 Å². The van der Waals surface area contributed by atoms with Crippen LogP contribution in [0.15, 0.2) is 29.6 Å². The number of hydrogen-bond donors (Lipinski definition) is 2.